The summed E-state index contributed by atoms with van der Waals surface area (Å²) in [5.41, 5.74) is 2.60. The van der Waals surface area contributed by atoms with Crippen molar-refractivity contribution in [2.45, 2.75) is 0 Å². The summed E-state index contributed by atoms with van der Waals surface area (Å²) in [7, 11) is 1.63. The molecule has 8 nitrogen and oxygen atoms in total. The highest BCUT2D eigenvalue weighted by Crippen LogP contribution is 2.29. The predicted octanol–water partition coefficient (Wildman–Crippen LogP) is 3.19. The molecule has 0 aliphatic carbocycles. The van der Waals surface area contributed by atoms with Crippen molar-refractivity contribution in [2.75, 3.05) is 48.9 Å². The lowest BCUT2D eigenvalue weighted by Crippen LogP contribution is -2.37. The molecule has 3 aromatic rings. The van der Waals surface area contributed by atoms with Crippen molar-refractivity contribution in [3.8, 4) is 17.1 Å². The van der Waals surface area contributed by atoms with E-state index in [2.05, 4.69) is 25.5 Å². The number of anilines is 3. The Morgan fingerprint density at radius 1 is 1.07 bits per heavy atom. The van der Waals surface area contributed by atoms with Crippen molar-refractivity contribution >= 4 is 34.5 Å². The van der Waals surface area contributed by atoms with Gasteiger partial charge in [0.15, 0.2) is 22.5 Å². The number of pyridine rings is 1. The molecule has 0 atom stereocenters. The molecule has 0 spiro atoms. The van der Waals surface area contributed by atoms with Crippen LogP contribution in [-0.2, 0) is 4.74 Å². The average Bonchev–Trinajstić information content (AvgIpc) is 2.80. The van der Waals surface area contributed by atoms with Crippen LogP contribution in [0.4, 0.5) is 17.2 Å². The van der Waals surface area contributed by atoms with E-state index in [0.29, 0.717) is 29.9 Å². The van der Waals surface area contributed by atoms with Gasteiger partial charge in [0.25, 0.3) is 0 Å². The molecule has 9 heteroatoms. The van der Waals surface area contributed by atoms with Crippen LogP contribution in [0.15, 0.2) is 55.0 Å². The molecule has 3 heterocycles. The summed E-state index contributed by atoms with van der Waals surface area (Å²) < 4.78 is 10.9. The molecule has 0 bridgehead atoms. The fraction of sp³-hybridized carbons (Fsp3) is 0.238. The third kappa shape index (κ3) is 4.81. The summed E-state index contributed by atoms with van der Waals surface area (Å²) in [6, 6.07) is 11.5. The maximum atomic E-state index is 5.46. The van der Waals surface area contributed by atoms with Crippen molar-refractivity contribution in [1.29, 1.82) is 0 Å². The van der Waals surface area contributed by atoms with Gasteiger partial charge in [-0.3, -0.25) is 4.98 Å². The number of methoxy groups -OCH3 is 1. The molecule has 1 fully saturated rings. The summed E-state index contributed by atoms with van der Waals surface area (Å²) in [5.74, 6) is 2.08. The van der Waals surface area contributed by atoms with Gasteiger partial charge < -0.3 is 25.0 Å². The van der Waals surface area contributed by atoms with Crippen LogP contribution in [0.2, 0.25) is 0 Å². The minimum atomic E-state index is 0.492. The normalized spacial score (nSPS) is 13.6. The lowest BCUT2D eigenvalue weighted by Gasteiger charge is -2.28. The summed E-state index contributed by atoms with van der Waals surface area (Å²) >= 11 is 5.36. The van der Waals surface area contributed by atoms with E-state index < -0.39 is 0 Å². The molecule has 4 rings (SSSR count). The zero-order valence-electron chi connectivity index (χ0n) is 16.5. The van der Waals surface area contributed by atoms with Crippen molar-refractivity contribution in [3.05, 3.63) is 55.0 Å². The zero-order chi connectivity index (χ0) is 20.8. The van der Waals surface area contributed by atoms with Crippen LogP contribution in [-0.4, -0.2) is 53.5 Å². The number of thiocarbonyl (C=S) groups is 1. The lowest BCUT2D eigenvalue weighted by atomic mass is 10.2. The molecular formula is C21H22N6O2S. The molecule has 0 radical (unpaired) electrons. The van der Waals surface area contributed by atoms with E-state index in [1.807, 2.05) is 36.4 Å². The number of nitrogens with one attached hydrogen (secondary N) is 2. The molecule has 0 unspecified atom stereocenters. The van der Waals surface area contributed by atoms with E-state index >= 15 is 0 Å². The van der Waals surface area contributed by atoms with Gasteiger partial charge in [-0.25, -0.2) is 9.97 Å². The van der Waals surface area contributed by atoms with Gasteiger partial charge in [0.2, 0.25) is 0 Å². The third-order valence-electron chi connectivity index (χ3n) is 4.59. The molecule has 2 aromatic heterocycles. The van der Waals surface area contributed by atoms with Gasteiger partial charge in [-0.15, -0.1) is 0 Å². The molecule has 154 valence electrons. The Morgan fingerprint density at radius 2 is 1.83 bits per heavy atom. The molecule has 1 aliphatic heterocycles. The number of hydrogen-bond donors (Lipinski definition) is 2. The smallest absolute Gasteiger partial charge is 0.179 e. The number of benzene rings is 1. The average molecular weight is 423 g/mol. The lowest BCUT2D eigenvalue weighted by molar-refractivity contribution is 0.122. The first-order chi connectivity index (χ1) is 14.7. The second kappa shape index (κ2) is 9.47. The maximum Gasteiger partial charge on any atom is 0.179 e. The Bertz CT molecular complexity index is 994. The highest BCUT2D eigenvalue weighted by atomic mass is 32.1. The molecule has 1 saturated heterocycles. The van der Waals surface area contributed by atoms with Crippen LogP contribution in [0, 0.1) is 0 Å². The van der Waals surface area contributed by atoms with Gasteiger partial charge in [-0.1, -0.05) is 0 Å². The molecule has 0 saturated carbocycles. The van der Waals surface area contributed by atoms with Gasteiger partial charge in [0, 0.05) is 30.5 Å². The van der Waals surface area contributed by atoms with Crippen LogP contribution in [0.5, 0.6) is 5.75 Å². The minimum Gasteiger partial charge on any atom is -0.491 e. The van der Waals surface area contributed by atoms with Gasteiger partial charge in [0.05, 0.1) is 38.4 Å². The third-order valence-corrected chi connectivity index (χ3v) is 4.79. The summed E-state index contributed by atoms with van der Waals surface area (Å²) in [4.78, 5) is 15.4. The second-order valence-corrected chi connectivity index (χ2v) is 6.99. The first-order valence-electron chi connectivity index (χ1n) is 9.55. The zero-order valence-corrected chi connectivity index (χ0v) is 17.4. The van der Waals surface area contributed by atoms with Crippen molar-refractivity contribution < 1.29 is 9.47 Å². The van der Waals surface area contributed by atoms with Crippen molar-refractivity contribution in [3.63, 3.8) is 0 Å². The Morgan fingerprint density at radius 3 is 2.53 bits per heavy atom. The van der Waals surface area contributed by atoms with E-state index in [-0.39, 0.29) is 0 Å². The first-order valence-corrected chi connectivity index (χ1v) is 9.96. The van der Waals surface area contributed by atoms with Gasteiger partial charge in [0.1, 0.15) is 0 Å². The molecular weight excluding hydrogens is 400 g/mol. The molecule has 1 aliphatic rings. The summed E-state index contributed by atoms with van der Waals surface area (Å²) in [6.45, 7) is 2.90. The van der Waals surface area contributed by atoms with E-state index in [0.717, 1.165) is 35.8 Å². The molecule has 2 N–H and O–H groups in total. The van der Waals surface area contributed by atoms with E-state index in [9.17, 15) is 0 Å². The second-order valence-electron chi connectivity index (χ2n) is 6.58. The van der Waals surface area contributed by atoms with Crippen LogP contribution in [0.1, 0.15) is 0 Å². The number of rotatable bonds is 5. The SMILES string of the molecule is COc1cnc(-c2ccc(NC(=S)Nc3cccnc3)cc2)nc1N1CCOCC1. The fourth-order valence-electron chi connectivity index (χ4n) is 3.08. The highest BCUT2D eigenvalue weighted by Gasteiger charge is 2.18. The van der Waals surface area contributed by atoms with Crippen molar-refractivity contribution in [1.82, 2.24) is 15.0 Å². The Kier molecular flexibility index (Phi) is 6.31. The first kappa shape index (κ1) is 20.0. The van der Waals surface area contributed by atoms with Crippen molar-refractivity contribution in [2.24, 2.45) is 0 Å². The van der Waals surface area contributed by atoms with Crippen LogP contribution < -0.4 is 20.3 Å². The van der Waals surface area contributed by atoms with Crippen LogP contribution in [0.25, 0.3) is 11.4 Å². The largest absolute Gasteiger partial charge is 0.491 e. The van der Waals surface area contributed by atoms with Gasteiger partial charge in [-0.05, 0) is 48.6 Å². The number of ether oxygens (including phenoxy) is 2. The van der Waals surface area contributed by atoms with E-state index in [4.69, 9.17) is 26.7 Å². The summed E-state index contributed by atoms with van der Waals surface area (Å²) in [6.07, 6.45) is 5.14. The standard InChI is InChI=1S/C21H22N6O2S/c1-28-18-14-23-19(26-20(18)27-9-11-29-12-10-27)15-4-6-16(7-5-15)24-21(30)25-17-3-2-8-22-13-17/h2-8,13-14H,9-12H2,1H3,(H2,24,25,30). The number of morpholine rings is 1. The Balaban J connectivity index is 1.47. The summed E-state index contributed by atoms with van der Waals surface area (Å²) in [5, 5.41) is 6.75. The number of aromatic nitrogens is 3. The van der Waals surface area contributed by atoms with Gasteiger partial charge >= 0.3 is 0 Å². The topological polar surface area (TPSA) is 84.4 Å². The Hall–Kier alpha value is -3.30. The molecule has 0 amide bonds. The maximum absolute atomic E-state index is 5.46. The highest BCUT2D eigenvalue weighted by molar-refractivity contribution is 7.80. The number of hydrogen-bond acceptors (Lipinski definition) is 7. The molecule has 1 aromatic carbocycles. The monoisotopic (exact) mass is 422 g/mol. The quantitative estimate of drug-likeness (QED) is 0.602. The Labute approximate surface area is 180 Å². The minimum absolute atomic E-state index is 0.492. The van der Waals surface area contributed by atoms with Crippen LogP contribution in [0.3, 0.4) is 0 Å². The fourth-order valence-corrected chi connectivity index (χ4v) is 3.32. The predicted molar refractivity (Wildman–Crippen MR) is 121 cm³/mol. The molecule has 30 heavy (non-hydrogen) atoms. The van der Waals surface area contributed by atoms with E-state index in [1.54, 1.807) is 25.7 Å². The van der Waals surface area contributed by atoms with Crippen LogP contribution >= 0.6 is 12.2 Å². The van der Waals surface area contributed by atoms with Gasteiger partial charge in [-0.2, -0.15) is 0 Å². The van der Waals surface area contributed by atoms with E-state index in [1.165, 1.54) is 0 Å². The number of nitrogens with zero attached hydrogens (tertiary/aromatic N) is 4.